The third-order valence-electron chi connectivity index (χ3n) is 15.2. The molecule has 4 fully saturated rings. The van der Waals surface area contributed by atoms with E-state index in [9.17, 15) is 24.9 Å². The molecule has 11 nitrogen and oxygen atoms in total. The lowest BCUT2D eigenvalue weighted by Gasteiger charge is -2.53. The Kier molecular flexibility index (Phi) is 16.1. The molecule has 1 spiro atoms. The van der Waals surface area contributed by atoms with Gasteiger partial charge in [-0.05, 0) is 102 Å². The number of aliphatic hydroxyl groups excluding tert-OH is 1. The molecular formula is C45H75NO10S2. The number of carbonyl (C=O) groups excluding carboxylic acids is 1. The molecule has 5 aliphatic heterocycles. The summed E-state index contributed by atoms with van der Waals surface area (Å²) in [6, 6.07) is -0.268. The molecule has 0 aliphatic carbocycles. The lowest BCUT2D eigenvalue weighted by Crippen LogP contribution is -2.62. The van der Waals surface area contributed by atoms with Gasteiger partial charge in [-0.2, -0.15) is 0 Å². The van der Waals surface area contributed by atoms with Crippen LogP contribution in [-0.4, -0.2) is 110 Å². The Morgan fingerprint density at radius 2 is 1.62 bits per heavy atom. The summed E-state index contributed by atoms with van der Waals surface area (Å²) in [5.74, 6) is -4.04. The number of ketones is 1. The minimum Gasteiger partial charge on any atom is -0.481 e. The van der Waals surface area contributed by atoms with Crippen LogP contribution in [0.25, 0.3) is 0 Å². The van der Waals surface area contributed by atoms with Crippen molar-refractivity contribution in [1.29, 1.82) is 0 Å². The van der Waals surface area contributed by atoms with E-state index >= 15 is 0 Å². The first kappa shape index (κ1) is 47.9. The molecule has 0 saturated carbocycles. The van der Waals surface area contributed by atoms with Gasteiger partial charge in [0.25, 0.3) is 0 Å². The largest absolute Gasteiger partial charge is 0.481 e. The fourth-order valence-corrected chi connectivity index (χ4v) is 11.4. The van der Waals surface area contributed by atoms with Gasteiger partial charge in [0.05, 0.1) is 65.9 Å². The van der Waals surface area contributed by atoms with Crippen LogP contribution in [0.4, 0.5) is 0 Å². The molecule has 19 atom stereocenters. The number of hydrogen-bond donors (Lipinski definition) is 4. The maximum atomic E-state index is 14.6. The smallest absolute Gasteiger partial charge is 0.309 e. The highest BCUT2D eigenvalue weighted by Gasteiger charge is 2.57. The molecule has 0 radical (unpaired) electrons. The van der Waals surface area contributed by atoms with Gasteiger partial charge in [-0.1, -0.05) is 73.7 Å². The average Bonchev–Trinajstić information content (AvgIpc) is 3.61. The predicted octanol–water partition coefficient (Wildman–Crippen LogP) is 7.47. The van der Waals surface area contributed by atoms with Crippen molar-refractivity contribution < 1.29 is 48.6 Å². The van der Waals surface area contributed by atoms with Crippen molar-refractivity contribution in [3.8, 4) is 0 Å². The summed E-state index contributed by atoms with van der Waals surface area (Å²) in [7, 11) is 0. The Balaban J connectivity index is 1.34. The van der Waals surface area contributed by atoms with Crippen LogP contribution in [0, 0.1) is 41.4 Å². The van der Waals surface area contributed by atoms with Crippen molar-refractivity contribution >= 4 is 40.1 Å². The Morgan fingerprint density at radius 3 is 2.22 bits per heavy atom. The summed E-state index contributed by atoms with van der Waals surface area (Å²) in [5, 5.41) is 36.2. The van der Waals surface area contributed by atoms with Gasteiger partial charge in [0.1, 0.15) is 16.2 Å². The van der Waals surface area contributed by atoms with Crippen LogP contribution < -0.4 is 5.32 Å². The van der Waals surface area contributed by atoms with Crippen LogP contribution in [0.2, 0.25) is 0 Å². The van der Waals surface area contributed by atoms with Gasteiger partial charge in [0.15, 0.2) is 5.79 Å². The van der Waals surface area contributed by atoms with Crippen molar-refractivity contribution in [3.63, 3.8) is 0 Å². The van der Waals surface area contributed by atoms with Crippen LogP contribution in [0.15, 0.2) is 12.2 Å². The minimum absolute atomic E-state index is 0.0285. The van der Waals surface area contributed by atoms with Gasteiger partial charge < -0.3 is 44.3 Å². The van der Waals surface area contributed by atoms with Crippen LogP contribution in [-0.2, 0) is 33.3 Å². The van der Waals surface area contributed by atoms with E-state index < -0.39 is 65.1 Å². The van der Waals surface area contributed by atoms with Crippen LogP contribution in [0.3, 0.4) is 0 Å². The molecular weight excluding hydrogens is 779 g/mol. The molecule has 0 amide bonds. The number of carbonyl (C=O) groups is 2. The van der Waals surface area contributed by atoms with Gasteiger partial charge in [-0.3, -0.25) is 9.59 Å². The zero-order valence-corrected chi connectivity index (χ0v) is 38.6. The molecule has 0 bridgehead atoms. The van der Waals surface area contributed by atoms with Crippen LogP contribution in [0.5, 0.6) is 0 Å². The first-order chi connectivity index (χ1) is 27.3. The highest BCUT2D eigenvalue weighted by Crippen LogP contribution is 2.49. The Hall–Kier alpha value is -1.16. The molecule has 0 aromatic heterocycles. The number of Topliss-reactive ketones (excluding diaryl/α,β-unsaturated/α-hetero) is 1. The second-order valence-electron chi connectivity index (χ2n) is 18.9. The third kappa shape index (κ3) is 9.73. The number of thiocarbonyl (C=S) groups is 1. The first-order valence-electron chi connectivity index (χ1n) is 22.3. The van der Waals surface area contributed by atoms with Crippen LogP contribution in [0.1, 0.15) is 133 Å². The van der Waals surface area contributed by atoms with Gasteiger partial charge in [-0.25, -0.2) is 0 Å². The number of carboxylic acid groups (broad SMARTS) is 1. The van der Waals surface area contributed by atoms with Crippen molar-refractivity contribution in [2.45, 2.75) is 205 Å². The standard InChI is InChI=1S/C45H75NO10S2/c1-12-30(41(49)50)33-16-15-24(4)38(53-33)28(8)36(47)27(7)37(48)31(13-2)39-25(5)23-26(6)45(55-39)22-17-32(46-42(57)58-11)40(56-45)34-18-20-43(10,54-34)35-19-21-44(51,14-3)29(9)52-35/h17,22,24-36,38-40,47,51H,12-16,18-21,23H2,1-11H3,(H,46,57)(H,49,50)/t24-,25-,26+,27-,28-,29-,30+,31-,32+,33+,34?,35+,36+,38+,39-,40?,43-,44+,45-/m0/s1. The number of ether oxygens (including phenoxy) is 5. The topological polar surface area (TPSA) is 153 Å². The molecule has 5 heterocycles. The number of aliphatic hydroxyl groups is 2. The zero-order chi connectivity index (χ0) is 42.9. The maximum Gasteiger partial charge on any atom is 0.309 e. The zero-order valence-electron chi connectivity index (χ0n) is 37.0. The van der Waals surface area contributed by atoms with E-state index in [2.05, 4.69) is 39.1 Å². The molecule has 0 aromatic rings. The van der Waals surface area contributed by atoms with Crippen LogP contribution >= 0.6 is 24.0 Å². The van der Waals surface area contributed by atoms with Gasteiger partial charge in [-0.15, -0.1) is 11.8 Å². The number of nitrogens with one attached hydrogen (secondary N) is 1. The normalized spacial score (nSPS) is 43.3. The summed E-state index contributed by atoms with van der Waals surface area (Å²) >= 11 is 7.11. The van der Waals surface area contributed by atoms with E-state index in [4.69, 9.17) is 35.9 Å². The monoisotopic (exact) mass is 853 g/mol. The quantitative estimate of drug-likeness (QED) is 0.101. The van der Waals surface area contributed by atoms with Crippen molar-refractivity contribution in [3.05, 3.63) is 12.2 Å². The van der Waals surface area contributed by atoms with E-state index in [1.54, 1.807) is 6.92 Å². The van der Waals surface area contributed by atoms with Crippen molar-refractivity contribution in [2.75, 3.05) is 6.26 Å². The Morgan fingerprint density at radius 1 is 0.931 bits per heavy atom. The average molecular weight is 854 g/mol. The lowest BCUT2D eigenvalue weighted by atomic mass is 9.72. The second kappa shape index (κ2) is 19.5. The molecule has 5 rings (SSSR count). The summed E-state index contributed by atoms with van der Waals surface area (Å²) in [6.45, 7) is 20.0. The van der Waals surface area contributed by atoms with Crippen molar-refractivity contribution in [2.24, 2.45) is 41.4 Å². The number of carboxylic acids is 1. The fourth-order valence-electron chi connectivity index (χ4n) is 11.0. The summed E-state index contributed by atoms with van der Waals surface area (Å²) in [4.78, 5) is 26.6. The Bertz CT molecular complexity index is 1470. The molecule has 13 heteroatoms. The molecule has 332 valence electrons. The number of hydrogen-bond acceptors (Lipinski definition) is 11. The van der Waals surface area contributed by atoms with Gasteiger partial charge in [0, 0.05) is 23.7 Å². The Labute approximate surface area is 357 Å². The summed E-state index contributed by atoms with van der Waals surface area (Å²) in [5.41, 5.74) is -1.39. The number of aliphatic carboxylic acids is 1. The SMILES string of the molecule is CC[C@@H](C(=O)[C@@H](C)[C@@H](O)[C@H](C)[C@@H]1O[C@@H]([C@@H](CC)C(=O)O)CC[C@@H]1C)[C@H]1O[C@]2(C=C[C@@H](NC(=S)SC)C(C3CC[C@@](C)([C@H]4CC[C@](O)(CC)[C@H](C)O4)O3)O2)[C@H](C)C[C@@H]1C. The molecule has 58 heavy (non-hydrogen) atoms. The molecule has 4 saturated heterocycles. The molecule has 4 N–H and O–H groups in total. The van der Waals surface area contributed by atoms with Crippen molar-refractivity contribution in [1.82, 2.24) is 5.32 Å². The first-order valence-corrected chi connectivity index (χ1v) is 24.0. The maximum absolute atomic E-state index is 14.6. The van der Waals surface area contributed by atoms with Gasteiger partial charge >= 0.3 is 5.97 Å². The summed E-state index contributed by atoms with van der Waals surface area (Å²) < 4.78 is 34.9. The molecule has 2 unspecified atom stereocenters. The highest BCUT2D eigenvalue weighted by atomic mass is 32.2. The molecule has 5 aliphatic rings. The van der Waals surface area contributed by atoms with E-state index in [0.717, 1.165) is 25.7 Å². The van der Waals surface area contributed by atoms with E-state index in [1.165, 1.54) is 11.8 Å². The van der Waals surface area contributed by atoms with E-state index in [-0.39, 0.29) is 59.9 Å². The molecule has 0 aromatic carbocycles. The fraction of sp³-hybridized carbons (Fsp3) is 0.889. The summed E-state index contributed by atoms with van der Waals surface area (Å²) in [6.07, 6.45) is 9.42. The lowest BCUT2D eigenvalue weighted by molar-refractivity contribution is -0.327. The number of rotatable bonds is 14. The number of thioether (sulfide) groups is 1. The predicted molar refractivity (Wildman–Crippen MR) is 231 cm³/mol. The minimum atomic E-state index is -1.11. The highest BCUT2D eigenvalue weighted by molar-refractivity contribution is 8.22. The third-order valence-corrected chi connectivity index (χ3v) is 16.3. The van der Waals surface area contributed by atoms with E-state index in [0.29, 0.717) is 42.8 Å². The van der Waals surface area contributed by atoms with Gasteiger partial charge in [0.2, 0.25) is 0 Å². The second-order valence-corrected chi connectivity index (χ2v) is 20.4. The van der Waals surface area contributed by atoms with E-state index in [1.807, 2.05) is 47.0 Å².